The van der Waals surface area contributed by atoms with Crippen molar-refractivity contribution < 1.29 is 8.83 Å². The average molecular weight is 678 g/mol. The van der Waals surface area contributed by atoms with Gasteiger partial charge in [-0.25, -0.2) is 0 Å². The number of furan rings is 2. The van der Waals surface area contributed by atoms with Crippen molar-refractivity contribution in [1.29, 1.82) is 0 Å². The van der Waals surface area contributed by atoms with Gasteiger partial charge in [-0.05, 0) is 111 Å². The SMILES string of the molecule is c1ccc(-c2ccc3oc4ccc5ccc(N(c6ccc(-c7ccc8ccccc8c7)cc6)c6ccc7c(c6)oc6ccccc67)cc5c4c3c2)cc1. The van der Waals surface area contributed by atoms with Gasteiger partial charge < -0.3 is 13.7 Å². The Hall–Kier alpha value is -7.10. The van der Waals surface area contributed by atoms with E-state index in [-0.39, 0.29) is 0 Å². The smallest absolute Gasteiger partial charge is 0.137 e. The summed E-state index contributed by atoms with van der Waals surface area (Å²) in [7, 11) is 0. The first-order valence-corrected chi connectivity index (χ1v) is 18.0. The molecule has 0 amide bonds. The van der Waals surface area contributed by atoms with Crippen molar-refractivity contribution in [3.8, 4) is 22.3 Å². The number of hydrogen-bond donors (Lipinski definition) is 0. The first kappa shape index (κ1) is 29.6. The predicted molar refractivity (Wildman–Crippen MR) is 222 cm³/mol. The molecule has 0 aliphatic carbocycles. The van der Waals surface area contributed by atoms with Crippen molar-refractivity contribution in [3.05, 3.63) is 188 Å². The maximum atomic E-state index is 6.45. The third-order valence-electron chi connectivity index (χ3n) is 10.6. The van der Waals surface area contributed by atoms with Gasteiger partial charge in [0.2, 0.25) is 0 Å². The van der Waals surface area contributed by atoms with Crippen LogP contribution in [0.3, 0.4) is 0 Å². The Morgan fingerprint density at radius 3 is 1.77 bits per heavy atom. The molecule has 0 aliphatic rings. The molecule has 11 rings (SSSR count). The van der Waals surface area contributed by atoms with E-state index in [4.69, 9.17) is 8.83 Å². The molecule has 0 saturated heterocycles. The maximum absolute atomic E-state index is 6.45. The molecule has 0 spiro atoms. The fraction of sp³-hybridized carbons (Fsp3) is 0. The van der Waals surface area contributed by atoms with Gasteiger partial charge in [-0.1, -0.05) is 115 Å². The van der Waals surface area contributed by atoms with Crippen LogP contribution < -0.4 is 4.90 Å². The molecule has 11 aromatic rings. The Labute approximate surface area is 305 Å². The molecule has 0 unspecified atom stereocenters. The number of nitrogens with zero attached hydrogens (tertiary/aromatic N) is 1. The number of benzene rings is 9. The van der Waals surface area contributed by atoms with E-state index in [1.807, 2.05) is 12.1 Å². The fourth-order valence-corrected chi connectivity index (χ4v) is 8.01. The normalized spacial score (nSPS) is 11.8. The van der Waals surface area contributed by atoms with E-state index in [0.717, 1.165) is 71.7 Å². The number of fused-ring (bicyclic) bond motifs is 9. The van der Waals surface area contributed by atoms with Gasteiger partial charge >= 0.3 is 0 Å². The van der Waals surface area contributed by atoms with E-state index in [0.29, 0.717) is 0 Å². The molecule has 0 aliphatic heterocycles. The van der Waals surface area contributed by atoms with Crippen molar-refractivity contribution in [1.82, 2.24) is 0 Å². The molecule has 0 radical (unpaired) electrons. The molecule has 0 saturated carbocycles. The number of para-hydroxylation sites is 1. The predicted octanol–water partition coefficient (Wildman–Crippen LogP) is 14.6. The van der Waals surface area contributed by atoms with E-state index in [1.54, 1.807) is 0 Å². The van der Waals surface area contributed by atoms with Crippen LogP contribution in [0, 0.1) is 0 Å². The van der Waals surface area contributed by atoms with Gasteiger partial charge in [0.15, 0.2) is 0 Å². The topological polar surface area (TPSA) is 29.5 Å². The van der Waals surface area contributed by atoms with Crippen molar-refractivity contribution in [3.63, 3.8) is 0 Å². The van der Waals surface area contributed by atoms with Crippen LogP contribution in [0.15, 0.2) is 197 Å². The number of anilines is 3. The summed E-state index contributed by atoms with van der Waals surface area (Å²) in [5.74, 6) is 0. The van der Waals surface area contributed by atoms with E-state index < -0.39 is 0 Å². The van der Waals surface area contributed by atoms with Crippen molar-refractivity contribution >= 4 is 82.5 Å². The second kappa shape index (κ2) is 11.7. The van der Waals surface area contributed by atoms with Crippen molar-refractivity contribution in [2.24, 2.45) is 0 Å². The van der Waals surface area contributed by atoms with E-state index in [2.05, 4.69) is 181 Å². The summed E-state index contributed by atoms with van der Waals surface area (Å²) in [6.07, 6.45) is 0. The van der Waals surface area contributed by atoms with Gasteiger partial charge in [-0.2, -0.15) is 0 Å². The summed E-state index contributed by atoms with van der Waals surface area (Å²) in [4.78, 5) is 2.33. The van der Waals surface area contributed by atoms with Gasteiger partial charge in [-0.3, -0.25) is 0 Å². The number of rotatable bonds is 5. The quantitative estimate of drug-likeness (QED) is 0.182. The molecule has 53 heavy (non-hydrogen) atoms. The van der Waals surface area contributed by atoms with Gasteiger partial charge in [-0.15, -0.1) is 0 Å². The Balaban J connectivity index is 1.10. The van der Waals surface area contributed by atoms with Crippen LogP contribution in [0.2, 0.25) is 0 Å². The largest absolute Gasteiger partial charge is 0.456 e. The zero-order valence-electron chi connectivity index (χ0n) is 28.7. The highest BCUT2D eigenvalue weighted by Gasteiger charge is 2.18. The van der Waals surface area contributed by atoms with Crippen LogP contribution in [0.4, 0.5) is 17.1 Å². The highest BCUT2D eigenvalue weighted by Crippen LogP contribution is 2.43. The molecular weight excluding hydrogens is 647 g/mol. The summed E-state index contributed by atoms with van der Waals surface area (Å²) in [5, 5.41) is 9.24. The Kier molecular flexibility index (Phi) is 6.55. The number of hydrogen-bond acceptors (Lipinski definition) is 3. The van der Waals surface area contributed by atoms with Crippen LogP contribution in [0.1, 0.15) is 0 Å². The minimum atomic E-state index is 0.860. The summed E-state index contributed by atoms with van der Waals surface area (Å²) in [6.45, 7) is 0. The lowest BCUT2D eigenvalue weighted by molar-refractivity contribution is 0.668. The Morgan fingerprint density at radius 2 is 0.868 bits per heavy atom. The summed E-state index contributed by atoms with van der Waals surface area (Å²) in [5.41, 5.74) is 11.4. The molecule has 0 fully saturated rings. The molecule has 0 N–H and O–H groups in total. The van der Waals surface area contributed by atoms with Gasteiger partial charge in [0, 0.05) is 44.7 Å². The minimum Gasteiger partial charge on any atom is -0.456 e. The summed E-state index contributed by atoms with van der Waals surface area (Å²) < 4.78 is 12.9. The molecule has 3 nitrogen and oxygen atoms in total. The first-order chi connectivity index (χ1) is 26.2. The molecule has 3 heteroatoms. The second-order valence-corrected chi connectivity index (χ2v) is 13.7. The lowest BCUT2D eigenvalue weighted by atomic mass is 9.99. The van der Waals surface area contributed by atoms with Gasteiger partial charge in [0.1, 0.15) is 22.3 Å². The van der Waals surface area contributed by atoms with E-state index >= 15 is 0 Å². The maximum Gasteiger partial charge on any atom is 0.137 e. The zero-order chi connectivity index (χ0) is 34.9. The van der Waals surface area contributed by atoms with Crippen molar-refractivity contribution in [2.45, 2.75) is 0 Å². The molecule has 9 aromatic carbocycles. The van der Waals surface area contributed by atoms with Gasteiger partial charge in [0.05, 0.1) is 0 Å². The van der Waals surface area contributed by atoms with Gasteiger partial charge in [0.25, 0.3) is 0 Å². The summed E-state index contributed by atoms with van der Waals surface area (Å²) in [6, 6.07) is 66.9. The lowest BCUT2D eigenvalue weighted by Crippen LogP contribution is -2.09. The summed E-state index contributed by atoms with van der Waals surface area (Å²) >= 11 is 0. The lowest BCUT2D eigenvalue weighted by Gasteiger charge is -2.26. The standard InChI is InChI=1S/C50H31NO2/c1-2-8-32(9-3-1)38-20-26-47-45(29-38)50-44-30-40(23-18-35(44)19-27-48(50)52-47)51(41-24-25-43-42-12-6-7-13-46(42)53-49(43)31-41)39-21-16-34(17-22-39)37-15-14-33-10-4-5-11-36(33)28-37/h1-31H. The van der Waals surface area contributed by atoms with Crippen LogP contribution in [0.25, 0.3) is 87.7 Å². The fourth-order valence-electron chi connectivity index (χ4n) is 8.01. The second-order valence-electron chi connectivity index (χ2n) is 13.7. The van der Waals surface area contributed by atoms with Crippen LogP contribution in [-0.4, -0.2) is 0 Å². The molecule has 2 heterocycles. The average Bonchev–Trinajstić information content (AvgIpc) is 3.79. The minimum absolute atomic E-state index is 0.860. The van der Waals surface area contributed by atoms with E-state index in [9.17, 15) is 0 Å². The highest BCUT2D eigenvalue weighted by molar-refractivity contribution is 6.20. The monoisotopic (exact) mass is 677 g/mol. The zero-order valence-corrected chi connectivity index (χ0v) is 28.7. The van der Waals surface area contributed by atoms with Crippen molar-refractivity contribution in [2.75, 3.05) is 4.90 Å². The third-order valence-corrected chi connectivity index (χ3v) is 10.6. The Bertz CT molecular complexity index is 3170. The molecule has 248 valence electrons. The molecule has 0 bridgehead atoms. The van der Waals surface area contributed by atoms with Crippen LogP contribution >= 0.6 is 0 Å². The van der Waals surface area contributed by atoms with Crippen LogP contribution in [-0.2, 0) is 0 Å². The van der Waals surface area contributed by atoms with Crippen LogP contribution in [0.5, 0.6) is 0 Å². The third kappa shape index (κ3) is 4.90. The van der Waals surface area contributed by atoms with E-state index in [1.165, 1.54) is 33.0 Å². The molecule has 2 aromatic heterocycles. The highest BCUT2D eigenvalue weighted by atomic mass is 16.3. The molecular formula is C50H31NO2. The molecule has 0 atom stereocenters. The first-order valence-electron chi connectivity index (χ1n) is 18.0. The Morgan fingerprint density at radius 1 is 0.283 bits per heavy atom.